The van der Waals surface area contributed by atoms with Crippen LogP contribution in [0.2, 0.25) is 5.02 Å². The lowest BCUT2D eigenvalue weighted by molar-refractivity contribution is -0.143. The number of likely N-dealkylation sites (tertiary alicyclic amines) is 1. The van der Waals surface area contributed by atoms with Gasteiger partial charge in [0.05, 0.1) is 11.6 Å². The second-order valence-electron chi connectivity index (χ2n) is 6.78. The van der Waals surface area contributed by atoms with E-state index in [0.717, 1.165) is 23.3 Å². The number of aryl methyl sites for hydroxylation is 1. The summed E-state index contributed by atoms with van der Waals surface area (Å²) in [7, 11) is 0. The lowest BCUT2D eigenvalue weighted by Crippen LogP contribution is -2.39. The van der Waals surface area contributed by atoms with Gasteiger partial charge in [-0.3, -0.25) is 9.69 Å². The van der Waals surface area contributed by atoms with Crippen molar-refractivity contribution < 1.29 is 23.1 Å². The summed E-state index contributed by atoms with van der Waals surface area (Å²) in [6, 6.07) is 9.13. The Hall–Kier alpha value is -2.05. The van der Waals surface area contributed by atoms with E-state index in [9.17, 15) is 23.1 Å². The van der Waals surface area contributed by atoms with Crippen LogP contribution >= 0.6 is 11.6 Å². The third kappa shape index (κ3) is 4.12. The first kappa shape index (κ1) is 19.7. The van der Waals surface area contributed by atoms with Crippen molar-refractivity contribution >= 4 is 17.6 Å². The maximum absolute atomic E-state index is 13.3. The van der Waals surface area contributed by atoms with E-state index in [-0.39, 0.29) is 10.6 Å². The van der Waals surface area contributed by atoms with E-state index in [4.69, 9.17) is 11.6 Å². The van der Waals surface area contributed by atoms with Crippen molar-refractivity contribution in [2.75, 3.05) is 6.54 Å². The number of hydrogen-bond donors (Lipinski definition) is 1. The van der Waals surface area contributed by atoms with Crippen molar-refractivity contribution in [3.63, 3.8) is 0 Å². The molecule has 2 aromatic rings. The van der Waals surface area contributed by atoms with Crippen LogP contribution in [0.5, 0.6) is 0 Å². The van der Waals surface area contributed by atoms with Crippen LogP contribution in [0, 0.1) is 6.92 Å². The van der Waals surface area contributed by atoms with E-state index in [0.29, 0.717) is 19.4 Å². The summed E-state index contributed by atoms with van der Waals surface area (Å²) in [4.78, 5) is 13.4. The third-order valence-corrected chi connectivity index (χ3v) is 5.23. The number of carbonyl (C=O) groups is 1. The average molecular weight is 398 g/mol. The van der Waals surface area contributed by atoms with Crippen LogP contribution in [-0.4, -0.2) is 28.6 Å². The summed E-state index contributed by atoms with van der Waals surface area (Å²) >= 11 is 6.30. The molecule has 1 aliphatic heterocycles. The highest BCUT2D eigenvalue weighted by atomic mass is 35.5. The van der Waals surface area contributed by atoms with E-state index in [1.54, 1.807) is 11.0 Å². The number of alkyl halides is 3. The van der Waals surface area contributed by atoms with E-state index < -0.39 is 29.8 Å². The van der Waals surface area contributed by atoms with Crippen LogP contribution in [0.1, 0.15) is 41.1 Å². The monoisotopic (exact) mass is 397 g/mol. The predicted octanol–water partition coefficient (Wildman–Crippen LogP) is 5.31. The number of rotatable bonds is 4. The normalized spacial score (nSPS) is 19.2. The highest BCUT2D eigenvalue weighted by Crippen LogP contribution is 2.41. The molecule has 1 heterocycles. The van der Waals surface area contributed by atoms with E-state index in [2.05, 4.69) is 0 Å². The molecule has 7 heteroatoms. The van der Waals surface area contributed by atoms with Crippen molar-refractivity contribution in [3.8, 4) is 0 Å². The second kappa shape index (κ2) is 7.52. The van der Waals surface area contributed by atoms with Crippen molar-refractivity contribution in [1.82, 2.24) is 4.90 Å². The van der Waals surface area contributed by atoms with E-state index in [1.165, 1.54) is 6.07 Å². The molecule has 3 rings (SSSR count). The standard InChI is InChI=1S/C20H19ClF3NO2/c1-12-4-2-5-13(10-12)18(25-9-3-6-17(25)19(26)27)15-11-14(20(22,23)24)7-8-16(15)21/h2,4-5,7-8,10-11,17-18H,3,6,9H2,1H3,(H,26,27). The van der Waals surface area contributed by atoms with Gasteiger partial charge in [0.25, 0.3) is 0 Å². The number of carboxylic acids is 1. The molecular formula is C20H19ClF3NO2. The summed E-state index contributed by atoms with van der Waals surface area (Å²) in [6.45, 7) is 2.36. The van der Waals surface area contributed by atoms with Gasteiger partial charge in [-0.05, 0) is 49.1 Å². The molecule has 0 amide bonds. The molecule has 2 unspecified atom stereocenters. The molecule has 144 valence electrons. The van der Waals surface area contributed by atoms with Gasteiger partial charge in [-0.15, -0.1) is 0 Å². The Morgan fingerprint density at radius 1 is 1.26 bits per heavy atom. The largest absolute Gasteiger partial charge is 0.480 e. The van der Waals surface area contributed by atoms with E-state index >= 15 is 0 Å². The fourth-order valence-electron chi connectivity index (χ4n) is 3.68. The predicted molar refractivity (Wildman–Crippen MR) is 96.8 cm³/mol. The highest BCUT2D eigenvalue weighted by molar-refractivity contribution is 6.31. The molecule has 0 aromatic heterocycles. The molecule has 3 nitrogen and oxygen atoms in total. The molecule has 1 fully saturated rings. The van der Waals surface area contributed by atoms with Gasteiger partial charge in [-0.1, -0.05) is 41.4 Å². The Balaban J connectivity index is 2.17. The number of benzene rings is 2. The number of halogens is 4. The SMILES string of the molecule is Cc1cccc(C(c2cc(C(F)(F)F)ccc2Cl)N2CCCC2C(=O)O)c1. The molecule has 1 N–H and O–H groups in total. The number of carboxylic acid groups (broad SMARTS) is 1. The quantitative estimate of drug-likeness (QED) is 0.760. The van der Waals surface area contributed by atoms with Crippen LogP contribution in [-0.2, 0) is 11.0 Å². The third-order valence-electron chi connectivity index (χ3n) is 4.89. The Kier molecular flexibility index (Phi) is 5.49. The van der Waals surface area contributed by atoms with Crippen molar-refractivity contribution in [2.45, 2.75) is 38.0 Å². The minimum absolute atomic E-state index is 0.186. The van der Waals surface area contributed by atoms with Crippen LogP contribution in [0.15, 0.2) is 42.5 Å². The molecule has 0 spiro atoms. The van der Waals surface area contributed by atoms with Crippen molar-refractivity contribution in [3.05, 3.63) is 69.7 Å². The minimum Gasteiger partial charge on any atom is -0.480 e. The first-order valence-electron chi connectivity index (χ1n) is 8.60. The lowest BCUT2D eigenvalue weighted by atomic mass is 9.93. The topological polar surface area (TPSA) is 40.5 Å². The maximum Gasteiger partial charge on any atom is 0.416 e. The molecule has 27 heavy (non-hydrogen) atoms. The molecule has 0 radical (unpaired) electrons. The lowest BCUT2D eigenvalue weighted by Gasteiger charge is -2.33. The van der Waals surface area contributed by atoms with Crippen molar-refractivity contribution in [2.24, 2.45) is 0 Å². The zero-order valence-corrected chi connectivity index (χ0v) is 15.4. The van der Waals surface area contributed by atoms with Gasteiger partial charge in [0.15, 0.2) is 0 Å². The smallest absolute Gasteiger partial charge is 0.416 e. The summed E-state index contributed by atoms with van der Waals surface area (Å²) in [5.41, 5.74) is 1.13. The van der Waals surface area contributed by atoms with Crippen LogP contribution < -0.4 is 0 Å². The molecule has 0 saturated carbocycles. The number of nitrogens with zero attached hydrogens (tertiary/aromatic N) is 1. The Bertz CT molecular complexity index is 853. The molecule has 1 aliphatic rings. The van der Waals surface area contributed by atoms with Gasteiger partial charge in [0.1, 0.15) is 6.04 Å². The summed E-state index contributed by atoms with van der Waals surface area (Å²) < 4.78 is 39.8. The molecule has 0 bridgehead atoms. The maximum atomic E-state index is 13.3. The fraction of sp³-hybridized carbons (Fsp3) is 0.350. The van der Waals surface area contributed by atoms with Crippen LogP contribution in [0.25, 0.3) is 0 Å². The summed E-state index contributed by atoms with van der Waals surface area (Å²) in [5, 5.41) is 9.77. The molecule has 2 aromatic carbocycles. The van der Waals surface area contributed by atoms with Gasteiger partial charge < -0.3 is 5.11 Å². The highest BCUT2D eigenvalue weighted by Gasteiger charge is 2.39. The minimum atomic E-state index is -4.51. The zero-order chi connectivity index (χ0) is 19.8. The number of aliphatic carboxylic acids is 1. The molecular weight excluding hydrogens is 379 g/mol. The number of hydrogen-bond acceptors (Lipinski definition) is 2. The van der Waals surface area contributed by atoms with Crippen LogP contribution in [0.4, 0.5) is 13.2 Å². The molecule has 2 atom stereocenters. The van der Waals surface area contributed by atoms with Crippen LogP contribution in [0.3, 0.4) is 0 Å². The van der Waals surface area contributed by atoms with E-state index in [1.807, 2.05) is 25.1 Å². The first-order valence-corrected chi connectivity index (χ1v) is 8.98. The van der Waals surface area contributed by atoms with Gasteiger partial charge in [-0.2, -0.15) is 13.2 Å². The Morgan fingerprint density at radius 2 is 2.00 bits per heavy atom. The van der Waals surface area contributed by atoms with Gasteiger partial charge in [0.2, 0.25) is 0 Å². The fourth-order valence-corrected chi connectivity index (χ4v) is 3.90. The van der Waals surface area contributed by atoms with Crippen molar-refractivity contribution in [1.29, 1.82) is 0 Å². The average Bonchev–Trinajstić information content (AvgIpc) is 3.05. The summed E-state index contributed by atoms with van der Waals surface area (Å²) in [6.07, 6.45) is -3.39. The molecule has 1 saturated heterocycles. The second-order valence-corrected chi connectivity index (χ2v) is 7.19. The Labute approximate surface area is 160 Å². The van der Waals surface area contributed by atoms with Gasteiger partial charge >= 0.3 is 12.1 Å². The van der Waals surface area contributed by atoms with Gasteiger partial charge in [-0.25, -0.2) is 0 Å². The van der Waals surface area contributed by atoms with Gasteiger partial charge in [0, 0.05) is 11.6 Å². The molecule has 0 aliphatic carbocycles. The zero-order valence-electron chi connectivity index (χ0n) is 14.6. The Morgan fingerprint density at radius 3 is 2.63 bits per heavy atom. The summed E-state index contributed by atoms with van der Waals surface area (Å²) in [5.74, 6) is -0.978. The first-order chi connectivity index (χ1) is 12.7.